The fraction of sp³-hybridized carbons (Fsp3) is 0.357. The number of hydrogen-bond acceptors (Lipinski definition) is 4. The summed E-state index contributed by atoms with van der Waals surface area (Å²) in [6, 6.07) is 18.2. The number of anilines is 1. The van der Waals surface area contributed by atoms with Gasteiger partial charge in [-0.25, -0.2) is 0 Å². The molecule has 0 saturated heterocycles. The van der Waals surface area contributed by atoms with Gasteiger partial charge in [0.2, 0.25) is 11.8 Å². The number of nitrogens with one attached hydrogen (secondary N) is 2. The lowest BCUT2D eigenvalue weighted by atomic mass is 10.0. The van der Waals surface area contributed by atoms with Crippen LogP contribution in [-0.4, -0.2) is 36.7 Å². The lowest BCUT2D eigenvalue weighted by molar-refractivity contribution is -0.121. The molecule has 6 heteroatoms. The van der Waals surface area contributed by atoms with Crippen LogP contribution in [0, 0.1) is 0 Å². The van der Waals surface area contributed by atoms with E-state index in [0.29, 0.717) is 43.9 Å². The molecule has 0 saturated carbocycles. The first-order valence-electron chi connectivity index (χ1n) is 12.1. The number of ether oxygens (including phenoxy) is 1. The van der Waals surface area contributed by atoms with Gasteiger partial charge in [-0.15, -0.1) is 0 Å². The zero-order valence-electron chi connectivity index (χ0n) is 19.4. The van der Waals surface area contributed by atoms with E-state index < -0.39 is 0 Å². The summed E-state index contributed by atoms with van der Waals surface area (Å²) >= 11 is 0. The van der Waals surface area contributed by atoms with Crippen molar-refractivity contribution in [1.29, 1.82) is 0 Å². The molecule has 0 atom stereocenters. The lowest BCUT2D eigenvalue weighted by Gasteiger charge is -2.10. The van der Waals surface area contributed by atoms with Gasteiger partial charge in [-0.2, -0.15) is 0 Å². The van der Waals surface area contributed by atoms with Gasteiger partial charge in [0.15, 0.2) is 0 Å². The molecule has 0 bridgehead atoms. The zero-order valence-corrected chi connectivity index (χ0v) is 19.4. The van der Waals surface area contributed by atoms with Crippen molar-refractivity contribution in [3.63, 3.8) is 0 Å². The Bertz CT molecular complexity index is 1150. The number of amides is 2. The molecule has 0 unspecified atom stereocenters. The van der Waals surface area contributed by atoms with Crippen molar-refractivity contribution in [3.8, 4) is 5.75 Å². The average Bonchev–Trinajstić information content (AvgIpc) is 3.25. The van der Waals surface area contributed by atoms with Crippen LogP contribution in [0.3, 0.4) is 0 Å². The Morgan fingerprint density at radius 3 is 2.71 bits per heavy atom. The minimum absolute atomic E-state index is 0.0383. The maximum Gasteiger partial charge on any atom is 0.229 e. The normalized spacial score (nSPS) is 12.5. The van der Waals surface area contributed by atoms with Gasteiger partial charge >= 0.3 is 0 Å². The highest BCUT2D eigenvalue weighted by molar-refractivity contribution is 6.01. The van der Waals surface area contributed by atoms with Gasteiger partial charge in [0.1, 0.15) is 5.75 Å². The number of aromatic hydroxyl groups is 1. The van der Waals surface area contributed by atoms with E-state index in [2.05, 4.69) is 53.1 Å². The van der Waals surface area contributed by atoms with Crippen LogP contribution in [0.4, 0.5) is 5.69 Å². The molecule has 2 amide bonds. The van der Waals surface area contributed by atoms with Crippen LogP contribution in [0.5, 0.6) is 5.75 Å². The average molecular weight is 461 g/mol. The fourth-order valence-electron chi connectivity index (χ4n) is 4.46. The molecular weight excluding hydrogens is 428 g/mol. The maximum absolute atomic E-state index is 12.1. The second kappa shape index (κ2) is 11.7. The number of carbonyl (C=O) groups excluding carboxylic acids is 2. The van der Waals surface area contributed by atoms with Gasteiger partial charge in [0.05, 0.1) is 18.7 Å². The second-order valence-electron chi connectivity index (χ2n) is 8.73. The van der Waals surface area contributed by atoms with Crippen LogP contribution in [0.2, 0.25) is 0 Å². The standard InChI is InChI=1S/C28H32N2O4/c31-25-13-12-22(28-24(25)19-27(33)30-28)14-16-29-26(32)11-2-1-5-17-34-18-15-21-9-6-8-20-7-3-4-10-23(20)21/h3-4,6-10,12-13,31H,1-2,5,11,14-19H2,(H,29,32)(H,30,33). The summed E-state index contributed by atoms with van der Waals surface area (Å²) in [6.45, 7) is 1.92. The number of rotatable bonds is 12. The van der Waals surface area contributed by atoms with Crippen molar-refractivity contribution in [2.24, 2.45) is 0 Å². The Hall–Kier alpha value is -3.38. The zero-order chi connectivity index (χ0) is 23.8. The number of hydrogen-bond donors (Lipinski definition) is 3. The van der Waals surface area contributed by atoms with Gasteiger partial charge in [0, 0.05) is 25.1 Å². The summed E-state index contributed by atoms with van der Waals surface area (Å²) in [5, 5.41) is 18.2. The highest BCUT2D eigenvalue weighted by atomic mass is 16.5. The topological polar surface area (TPSA) is 87.7 Å². The van der Waals surface area contributed by atoms with Crippen LogP contribution in [0.25, 0.3) is 10.8 Å². The molecule has 0 spiro atoms. The number of unbranched alkanes of at least 4 members (excludes halogenated alkanes) is 2. The Labute approximate surface area is 200 Å². The van der Waals surface area contributed by atoms with Crippen LogP contribution in [0.15, 0.2) is 54.6 Å². The summed E-state index contributed by atoms with van der Waals surface area (Å²) in [4.78, 5) is 23.7. The third-order valence-electron chi connectivity index (χ3n) is 6.28. The van der Waals surface area contributed by atoms with Crippen LogP contribution in [-0.2, 0) is 33.6 Å². The van der Waals surface area contributed by atoms with Crippen molar-refractivity contribution in [3.05, 3.63) is 71.3 Å². The molecule has 1 aliphatic rings. The van der Waals surface area contributed by atoms with E-state index in [9.17, 15) is 14.7 Å². The molecule has 1 heterocycles. The minimum atomic E-state index is -0.112. The van der Waals surface area contributed by atoms with Crippen molar-refractivity contribution in [2.45, 2.75) is 44.9 Å². The third-order valence-corrected chi connectivity index (χ3v) is 6.28. The molecule has 0 fully saturated rings. The predicted octanol–water partition coefficient (Wildman–Crippen LogP) is 4.52. The van der Waals surface area contributed by atoms with Crippen molar-refractivity contribution < 1.29 is 19.4 Å². The summed E-state index contributed by atoms with van der Waals surface area (Å²) in [6.07, 6.45) is 4.95. The highest BCUT2D eigenvalue weighted by Crippen LogP contribution is 2.34. The molecule has 3 N–H and O–H groups in total. The summed E-state index contributed by atoms with van der Waals surface area (Å²) < 4.78 is 5.81. The molecule has 0 aliphatic carbocycles. The number of carbonyl (C=O) groups is 2. The van der Waals surface area contributed by atoms with E-state index in [0.717, 1.165) is 31.2 Å². The number of fused-ring (bicyclic) bond motifs is 2. The Balaban J connectivity index is 1.06. The first kappa shape index (κ1) is 23.8. The monoisotopic (exact) mass is 460 g/mol. The van der Waals surface area contributed by atoms with E-state index in [4.69, 9.17) is 4.74 Å². The Kier molecular flexibility index (Phi) is 8.15. The quantitative estimate of drug-likeness (QED) is 0.347. The van der Waals surface area contributed by atoms with Crippen molar-refractivity contribution in [2.75, 3.05) is 25.1 Å². The molecule has 0 aromatic heterocycles. The van der Waals surface area contributed by atoms with E-state index >= 15 is 0 Å². The van der Waals surface area contributed by atoms with Gasteiger partial charge < -0.3 is 20.5 Å². The van der Waals surface area contributed by atoms with Crippen LogP contribution >= 0.6 is 0 Å². The molecular formula is C28H32N2O4. The lowest BCUT2D eigenvalue weighted by Crippen LogP contribution is -2.25. The highest BCUT2D eigenvalue weighted by Gasteiger charge is 2.23. The molecule has 4 rings (SSSR count). The molecule has 178 valence electrons. The SMILES string of the molecule is O=C(CCCCCOCCc1cccc2ccccc12)NCCc1ccc(O)c2c1NC(=O)C2. The van der Waals surface area contributed by atoms with E-state index in [1.54, 1.807) is 12.1 Å². The van der Waals surface area contributed by atoms with Crippen molar-refractivity contribution >= 4 is 28.3 Å². The molecule has 3 aromatic carbocycles. The first-order valence-corrected chi connectivity index (χ1v) is 12.1. The largest absolute Gasteiger partial charge is 0.508 e. The minimum Gasteiger partial charge on any atom is -0.508 e. The van der Waals surface area contributed by atoms with Crippen LogP contribution < -0.4 is 10.6 Å². The van der Waals surface area contributed by atoms with Crippen molar-refractivity contribution in [1.82, 2.24) is 5.32 Å². The summed E-state index contributed by atoms with van der Waals surface area (Å²) in [5.74, 6) is 0.0642. The maximum atomic E-state index is 12.1. The van der Waals surface area contributed by atoms with Gasteiger partial charge in [-0.05, 0) is 53.6 Å². The van der Waals surface area contributed by atoms with Crippen LogP contribution in [0.1, 0.15) is 42.4 Å². The molecule has 6 nitrogen and oxygen atoms in total. The van der Waals surface area contributed by atoms with Gasteiger partial charge in [-0.1, -0.05) is 55.0 Å². The van der Waals surface area contributed by atoms with Gasteiger partial charge in [0.25, 0.3) is 0 Å². The predicted molar refractivity (Wildman–Crippen MR) is 134 cm³/mol. The molecule has 0 radical (unpaired) electrons. The van der Waals surface area contributed by atoms with E-state index in [-0.39, 0.29) is 24.0 Å². The molecule has 34 heavy (non-hydrogen) atoms. The number of phenols is 1. The molecule has 3 aromatic rings. The number of phenolic OH excluding ortho intramolecular Hbond substituents is 1. The number of benzene rings is 3. The third kappa shape index (κ3) is 6.14. The Morgan fingerprint density at radius 1 is 0.941 bits per heavy atom. The molecule has 1 aliphatic heterocycles. The summed E-state index contributed by atoms with van der Waals surface area (Å²) in [5.41, 5.74) is 3.59. The smallest absolute Gasteiger partial charge is 0.229 e. The van der Waals surface area contributed by atoms with E-state index in [1.165, 1.54) is 16.3 Å². The summed E-state index contributed by atoms with van der Waals surface area (Å²) in [7, 11) is 0. The van der Waals surface area contributed by atoms with E-state index in [1.807, 2.05) is 0 Å². The first-order chi connectivity index (χ1) is 16.6. The van der Waals surface area contributed by atoms with Gasteiger partial charge in [-0.3, -0.25) is 9.59 Å². The second-order valence-corrected chi connectivity index (χ2v) is 8.73. The fourth-order valence-corrected chi connectivity index (χ4v) is 4.46. The Morgan fingerprint density at radius 2 is 1.79 bits per heavy atom.